The van der Waals surface area contributed by atoms with Gasteiger partial charge in [-0.2, -0.15) is 8.62 Å². The first kappa shape index (κ1) is 25.6. The van der Waals surface area contributed by atoms with E-state index < -0.39 is 59.8 Å². The number of aliphatic hydroxyl groups is 1. The number of rotatable bonds is 9. The zero-order valence-corrected chi connectivity index (χ0v) is 18.4. The molecule has 0 amide bonds. The number of phosphoric acid groups is 3. The van der Waals surface area contributed by atoms with Crippen LogP contribution in [0.15, 0.2) is 21.9 Å². The number of nitrogens with zero attached hydrogens (tertiary/aromatic N) is 2. The molecule has 0 saturated carbocycles. The van der Waals surface area contributed by atoms with Crippen LogP contribution in [0.3, 0.4) is 0 Å². The van der Waals surface area contributed by atoms with Crippen LogP contribution in [-0.2, 0) is 31.6 Å². The first-order valence-corrected chi connectivity index (χ1v) is 13.3. The van der Waals surface area contributed by atoms with E-state index in [-0.39, 0.29) is 6.42 Å². The molecule has 16 nitrogen and oxygen atoms in total. The largest absolute Gasteiger partial charge is 0.490 e. The number of aromatic nitrogens is 2. The molecule has 0 aliphatic carbocycles. The second-order valence-corrected chi connectivity index (χ2v) is 10.8. The van der Waals surface area contributed by atoms with Gasteiger partial charge >= 0.3 is 29.2 Å². The second-order valence-electron chi connectivity index (χ2n) is 5.64. The highest BCUT2D eigenvalue weighted by atomic mass is 32.2. The fourth-order valence-electron chi connectivity index (χ4n) is 2.37. The fourth-order valence-corrected chi connectivity index (χ4v) is 5.89. The van der Waals surface area contributed by atoms with Crippen molar-refractivity contribution < 1.29 is 56.3 Å². The molecule has 3 unspecified atom stereocenters. The van der Waals surface area contributed by atoms with Gasteiger partial charge in [0.2, 0.25) is 0 Å². The molecule has 1 aromatic heterocycles. The quantitative estimate of drug-likeness (QED) is 0.252. The average molecular weight is 514 g/mol. The molecule has 1 aliphatic rings. The monoisotopic (exact) mass is 514 g/mol. The summed E-state index contributed by atoms with van der Waals surface area (Å²) in [6.45, 7) is -0.877. The van der Waals surface area contributed by atoms with Gasteiger partial charge in [-0.25, -0.2) is 22.5 Å². The summed E-state index contributed by atoms with van der Waals surface area (Å²) in [7, 11) is -16.6. The van der Waals surface area contributed by atoms with Crippen LogP contribution in [0.2, 0.25) is 0 Å². The molecule has 5 N–H and O–H groups in total. The summed E-state index contributed by atoms with van der Waals surface area (Å²) in [5, 5.41) is 10.0. The van der Waals surface area contributed by atoms with Gasteiger partial charge in [0.1, 0.15) is 12.3 Å². The Balaban J connectivity index is 2.05. The molecule has 2 heterocycles. The van der Waals surface area contributed by atoms with Crippen LogP contribution in [-0.4, -0.2) is 58.3 Å². The van der Waals surface area contributed by atoms with Gasteiger partial charge in [-0.05, 0) is 11.9 Å². The molecule has 20 heteroatoms. The van der Waals surface area contributed by atoms with E-state index in [9.17, 15) is 33.3 Å². The molecule has 0 bridgehead atoms. The Morgan fingerprint density at radius 1 is 1.17 bits per heavy atom. The van der Waals surface area contributed by atoms with Crippen molar-refractivity contribution in [3.8, 4) is 0 Å². The van der Waals surface area contributed by atoms with E-state index in [1.807, 2.05) is 0 Å². The average Bonchev–Trinajstić information content (AvgIpc) is 2.91. The van der Waals surface area contributed by atoms with Crippen molar-refractivity contribution in [1.82, 2.24) is 8.54 Å². The molecule has 172 valence electrons. The Morgan fingerprint density at radius 3 is 2.37 bits per heavy atom. The van der Waals surface area contributed by atoms with Gasteiger partial charge in [-0.15, -0.1) is 0 Å². The van der Waals surface area contributed by atoms with Gasteiger partial charge in [0, 0.05) is 24.9 Å². The van der Waals surface area contributed by atoms with Crippen LogP contribution in [0.4, 0.5) is 0 Å². The molecule has 1 fully saturated rings. The highest BCUT2D eigenvalue weighted by Gasteiger charge is 2.43. The third-order valence-electron chi connectivity index (χ3n) is 3.49. The second kappa shape index (κ2) is 9.46. The standard InChI is InChI=1S/C10H17N2O14P3S/c1-30-12-8(14)2-3-11(10(12)15)9-4-6(13)7(24-9)5-23-28(19,20)26-29(21,22)25-27(16,17)18/h2-3,6-7,9,13H,4-5H2,1H3,(H,19,20)(H,21,22)(H2,16,17,18)/t6?,7-,9-/m1/s1. The summed E-state index contributed by atoms with van der Waals surface area (Å²) in [4.78, 5) is 59.3. The summed E-state index contributed by atoms with van der Waals surface area (Å²) < 4.78 is 52.3. The van der Waals surface area contributed by atoms with Gasteiger partial charge < -0.3 is 29.4 Å². The molecule has 0 aromatic carbocycles. The minimum Gasteiger partial charge on any atom is -0.390 e. The van der Waals surface area contributed by atoms with Crippen LogP contribution < -0.4 is 11.2 Å². The maximum absolute atomic E-state index is 12.3. The summed E-state index contributed by atoms with van der Waals surface area (Å²) in [6.07, 6.45) is -1.23. The molecule has 1 saturated heterocycles. The van der Waals surface area contributed by atoms with E-state index in [0.717, 1.165) is 32.8 Å². The number of hydrogen-bond acceptors (Lipinski definition) is 11. The zero-order valence-electron chi connectivity index (χ0n) is 14.9. The highest BCUT2D eigenvalue weighted by Crippen LogP contribution is 2.66. The van der Waals surface area contributed by atoms with Crippen LogP contribution in [0.25, 0.3) is 0 Å². The Hall–Kier alpha value is -0.640. The number of ether oxygens (including phenoxy) is 1. The van der Waals surface area contributed by atoms with E-state index in [4.69, 9.17) is 19.4 Å². The maximum atomic E-state index is 12.3. The highest BCUT2D eigenvalue weighted by molar-refractivity contribution is 7.97. The first-order chi connectivity index (χ1) is 13.6. The van der Waals surface area contributed by atoms with Gasteiger partial charge in [-0.1, -0.05) is 0 Å². The van der Waals surface area contributed by atoms with Gasteiger partial charge in [0.15, 0.2) is 0 Å². The molecule has 30 heavy (non-hydrogen) atoms. The van der Waals surface area contributed by atoms with E-state index in [0.29, 0.717) is 0 Å². The van der Waals surface area contributed by atoms with E-state index in [2.05, 4.69) is 13.1 Å². The molecular weight excluding hydrogens is 497 g/mol. The van der Waals surface area contributed by atoms with Crippen molar-refractivity contribution >= 4 is 35.4 Å². The van der Waals surface area contributed by atoms with Gasteiger partial charge in [-0.3, -0.25) is 13.9 Å². The third-order valence-corrected chi connectivity index (χ3v) is 7.99. The Bertz CT molecular complexity index is 1030. The lowest BCUT2D eigenvalue weighted by Gasteiger charge is -2.19. The van der Waals surface area contributed by atoms with Crippen molar-refractivity contribution in [2.75, 3.05) is 12.9 Å². The summed E-state index contributed by atoms with van der Waals surface area (Å²) >= 11 is 0.843. The summed E-state index contributed by atoms with van der Waals surface area (Å²) in [5.41, 5.74) is -1.33. The SMILES string of the molecule is CSn1c(=O)ccn([C@H]2CC(O)[C@@H](COP(=O)(O)OP(=O)(O)OP(=O)(O)O)O2)c1=O. The van der Waals surface area contributed by atoms with E-state index in [1.165, 1.54) is 6.26 Å². The number of aliphatic hydroxyl groups excluding tert-OH is 1. The zero-order chi connectivity index (χ0) is 22.9. The molecule has 1 aromatic rings. The molecule has 1 aliphatic heterocycles. The lowest BCUT2D eigenvalue weighted by Crippen LogP contribution is -2.37. The van der Waals surface area contributed by atoms with Crippen LogP contribution in [0, 0.1) is 0 Å². The maximum Gasteiger partial charge on any atom is 0.490 e. The topological polar surface area (TPSA) is 233 Å². The normalized spacial score (nSPS) is 26.3. The lowest BCUT2D eigenvalue weighted by molar-refractivity contribution is -0.0451. The van der Waals surface area contributed by atoms with Crippen molar-refractivity contribution in [3.05, 3.63) is 33.1 Å². The van der Waals surface area contributed by atoms with Crippen molar-refractivity contribution in [2.24, 2.45) is 0 Å². The van der Waals surface area contributed by atoms with Crippen LogP contribution >= 0.6 is 35.4 Å². The predicted octanol–water partition coefficient (Wildman–Crippen LogP) is -0.872. The Labute approximate surface area is 171 Å². The lowest BCUT2D eigenvalue weighted by atomic mass is 10.2. The molecule has 0 spiro atoms. The van der Waals surface area contributed by atoms with Crippen LogP contribution in [0.1, 0.15) is 12.6 Å². The molecule has 0 radical (unpaired) electrons. The van der Waals surface area contributed by atoms with Crippen molar-refractivity contribution in [3.63, 3.8) is 0 Å². The molecule has 5 atom stereocenters. The predicted molar refractivity (Wildman–Crippen MR) is 98.2 cm³/mol. The smallest absolute Gasteiger partial charge is 0.390 e. The molecule has 2 rings (SSSR count). The fraction of sp³-hybridized carbons (Fsp3) is 0.600. The number of hydrogen-bond donors (Lipinski definition) is 5. The van der Waals surface area contributed by atoms with Gasteiger partial charge in [0.05, 0.1) is 12.7 Å². The van der Waals surface area contributed by atoms with E-state index >= 15 is 0 Å². The van der Waals surface area contributed by atoms with Crippen molar-refractivity contribution in [1.29, 1.82) is 0 Å². The van der Waals surface area contributed by atoms with Gasteiger partial charge in [0.25, 0.3) is 5.56 Å². The third kappa shape index (κ3) is 6.93. The van der Waals surface area contributed by atoms with Crippen molar-refractivity contribution in [2.45, 2.75) is 24.9 Å². The minimum atomic E-state index is -5.68. The summed E-state index contributed by atoms with van der Waals surface area (Å²) in [5.74, 6) is 0. The Kier molecular flexibility index (Phi) is 8.08. The number of phosphoric ester groups is 1. The molecular formula is C10H17N2O14P3S. The van der Waals surface area contributed by atoms with E-state index in [1.54, 1.807) is 0 Å². The Morgan fingerprint density at radius 2 is 1.80 bits per heavy atom. The summed E-state index contributed by atoms with van der Waals surface area (Å²) in [6, 6.07) is 1.09. The van der Waals surface area contributed by atoms with Crippen LogP contribution in [0.5, 0.6) is 0 Å². The first-order valence-electron chi connectivity index (χ1n) is 7.65. The minimum absolute atomic E-state index is 0.170.